The van der Waals surface area contributed by atoms with Gasteiger partial charge in [0.05, 0.1) is 28.7 Å². The number of halogens is 2. The number of carbonyl (C=O) groups is 1. The van der Waals surface area contributed by atoms with E-state index in [2.05, 4.69) is 20.4 Å². The van der Waals surface area contributed by atoms with Gasteiger partial charge in [-0.05, 0) is 30.7 Å². The molecule has 5 nitrogen and oxygen atoms in total. The Bertz CT molecular complexity index is 680. The van der Waals surface area contributed by atoms with Crippen molar-refractivity contribution in [2.45, 2.75) is 12.5 Å². The topological polar surface area (TPSA) is 58.1 Å². The smallest absolute Gasteiger partial charge is 0.253 e. The third-order valence-corrected chi connectivity index (χ3v) is 4.16. The van der Waals surface area contributed by atoms with Gasteiger partial charge in [0.2, 0.25) is 0 Å². The fraction of sp³-hybridized carbons (Fsp3) is 0.267. The van der Waals surface area contributed by atoms with Crippen LogP contribution in [-0.2, 0) is 0 Å². The largest absolute Gasteiger partial charge is 0.368 e. The van der Waals surface area contributed by atoms with Crippen LogP contribution in [0.2, 0.25) is 10.0 Å². The van der Waals surface area contributed by atoms with Crippen LogP contribution in [0, 0.1) is 0 Å². The first-order valence-electron chi connectivity index (χ1n) is 6.91. The first kappa shape index (κ1) is 15.1. The molecule has 1 aromatic carbocycles. The lowest BCUT2D eigenvalue weighted by Crippen LogP contribution is -2.37. The highest BCUT2D eigenvalue weighted by atomic mass is 35.5. The van der Waals surface area contributed by atoms with Gasteiger partial charge in [0.15, 0.2) is 0 Å². The summed E-state index contributed by atoms with van der Waals surface area (Å²) in [5.74, 6) is -0.135. The van der Waals surface area contributed by atoms with Crippen molar-refractivity contribution in [2.75, 3.05) is 18.0 Å². The van der Waals surface area contributed by atoms with Gasteiger partial charge in [-0.2, -0.15) is 10.2 Å². The number of amides is 1. The maximum atomic E-state index is 12.1. The number of aromatic nitrogens is 2. The maximum Gasteiger partial charge on any atom is 0.253 e. The van der Waals surface area contributed by atoms with E-state index in [1.807, 2.05) is 12.1 Å². The fourth-order valence-corrected chi connectivity index (χ4v) is 3.06. The Labute approximate surface area is 138 Å². The second-order valence-electron chi connectivity index (χ2n) is 5.13. The Morgan fingerprint density at radius 2 is 2.14 bits per heavy atom. The van der Waals surface area contributed by atoms with Gasteiger partial charge in [-0.1, -0.05) is 23.2 Å². The van der Waals surface area contributed by atoms with Gasteiger partial charge in [0.1, 0.15) is 0 Å². The molecule has 2 aromatic rings. The number of anilines is 1. The predicted molar refractivity (Wildman–Crippen MR) is 86.6 cm³/mol. The van der Waals surface area contributed by atoms with Gasteiger partial charge in [-0.15, -0.1) is 0 Å². The van der Waals surface area contributed by atoms with Crippen LogP contribution < -0.4 is 10.2 Å². The van der Waals surface area contributed by atoms with Gasteiger partial charge < -0.3 is 10.2 Å². The molecule has 7 heteroatoms. The van der Waals surface area contributed by atoms with Crippen LogP contribution in [0.4, 0.5) is 5.69 Å². The average Bonchev–Trinajstić information content (AvgIpc) is 2.96. The number of carbonyl (C=O) groups excluding carboxylic acids is 1. The molecule has 1 saturated heterocycles. The molecule has 1 aliphatic rings. The van der Waals surface area contributed by atoms with E-state index < -0.39 is 0 Å². The molecule has 0 radical (unpaired) electrons. The molecule has 1 aliphatic heterocycles. The van der Waals surface area contributed by atoms with Crippen molar-refractivity contribution in [1.82, 2.24) is 15.5 Å². The summed E-state index contributed by atoms with van der Waals surface area (Å²) in [6.07, 6.45) is 3.82. The van der Waals surface area contributed by atoms with E-state index in [1.54, 1.807) is 12.1 Å². The van der Waals surface area contributed by atoms with E-state index in [0.29, 0.717) is 22.2 Å². The molecule has 114 valence electrons. The zero-order chi connectivity index (χ0) is 15.5. The van der Waals surface area contributed by atoms with Gasteiger partial charge in [0, 0.05) is 24.2 Å². The van der Waals surface area contributed by atoms with Gasteiger partial charge in [-0.25, -0.2) is 0 Å². The molecule has 1 atom stereocenters. The minimum Gasteiger partial charge on any atom is -0.368 e. The minimum absolute atomic E-state index is 0.0763. The highest BCUT2D eigenvalue weighted by molar-refractivity contribution is 6.36. The quantitative estimate of drug-likeness (QED) is 0.936. The maximum absolute atomic E-state index is 12.1. The fourth-order valence-electron chi connectivity index (χ4n) is 2.53. The van der Waals surface area contributed by atoms with E-state index in [0.717, 1.165) is 18.7 Å². The molecule has 0 saturated carbocycles. The molecule has 1 N–H and O–H groups in total. The van der Waals surface area contributed by atoms with E-state index >= 15 is 0 Å². The van der Waals surface area contributed by atoms with Crippen LogP contribution in [0.1, 0.15) is 16.8 Å². The standard InChI is InChI=1S/C15H14Cl2N4O/c16-11-1-2-14(13(17)7-11)21-6-4-12(9-21)20-15(22)10-3-5-18-19-8-10/h1-3,5,7-8,12H,4,6,9H2,(H,20,22). The van der Waals surface area contributed by atoms with E-state index in [4.69, 9.17) is 23.2 Å². The summed E-state index contributed by atoms with van der Waals surface area (Å²) in [5, 5.41) is 11.6. The first-order valence-corrected chi connectivity index (χ1v) is 7.66. The highest BCUT2D eigenvalue weighted by Crippen LogP contribution is 2.31. The number of nitrogens with zero attached hydrogens (tertiary/aromatic N) is 3. The molecule has 1 amide bonds. The van der Waals surface area contributed by atoms with Crippen molar-refractivity contribution in [1.29, 1.82) is 0 Å². The minimum atomic E-state index is -0.135. The third-order valence-electron chi connectivity index (χ3n) is 3.62. The molecule has 22 heavy (non-hydrogen) atoms. The molecule has 0 aliphatic carbocycles. The molecule has 1 fully saturated rings. The van der Waals surface area contributed by atoms with Crippen molar-refractivity contribution >= 4 is 34.8 Å². The van der Waals surface area contributed by atoms with Crippen LogP contribution in [0.15, 0.2) is 36.7 Å². The van der Waals surface area contributed by atoms with E-state index in [1.165, 1.54) is 12.4 Å². The van der Waals surface area contributed by atoms with Crippen molar-refractivity contribution in [2.24, 2.45) is 0 Å². The van der Waals surface area contributed by atoms with E-state index in [9.17, 15) is 4.79 Å². The van der Waals surface area contributed by atoms with Crippen molar-refractivity contribution in [3.63, 3.8) is 0 Å². The average molecular weight is 337 g/mol. The molecule has 1 unspecified atom stereocenters. The second-order valence-corrected chi connectivity index (χ2v) is 5.98. The van der Waals surface area contributed by atoms with Crippen LogP contribution in [-0.4, -0.2) is 35.2 Å². The summed E-state index contributed by atoms with van der Waals surface area (Å²) in [5.41, 5.74) is 1.45. The zero-order valence-corrected chi connectivity index (χ0v) is 13.2. The second kappa shape index (κ2) is 6.50. The van der Waals surface area contributed by atoms with Gasteiger partial charge in [-0.3, -0.25) is 4.79 Å². The molecule has 0 bridgehead atoms. The molecule has 1 aromatic heterocycles. The molecule has 3 rings (SSSR count). The summed E-state index contributed by atoms with van der Waals surface area (Å²) >= 11 is 12.1. The monoisotopic (exact) mass is 336 g/mol. The Morgan fingerprint density at radius 3 is 2.86 bits per heavy atom. The zero-order valence-electron chi connectivity index (χ0n) is 11.7. The Morgan fingerprint density at radius 1 is 1.27 bits per heavy atom. The summed E-state index contributed by atoms with van der Waals surface area (Å²) < 4.78 is 0. The van der Waals surface area contributed by atoms with Crippen molar-refractivity contribution in [3.8, 4) is 0 Å². The molecule has 0 spiro atoms. The number of hydrogen-bond donors (Lipinski definition) is 1. The van der Waals surface area contributed by atoms with Crippen LogP contribution >= 0.6 is 23.2 Å². The molecule has 2 heterocycles. The normalized spacial score (nSPS) is 17.5. The summed E-state index contributed by atoms with van der Waals surface area (Å²) in [6, 6.07) is 7.17. The van der Waals surface area contributed by atoms with Crippen LogP contribution in [0.5, 0.6) is 0 Å². The van der Waals surface area contributed by atoms with Crippen molar-refractivity contribution in [3.05, 3.63) is 52.3 Å². The Kier molecular flexibility index (Phi) is 4.45. The lowest BCUT2D eigenvalue weighted by molar-refractivity contribution is 0.0940. The van der Waals surface area contributed by atoms with E-state index in [-0.39, 0.29) is 11.9 Å². The van der Waals surface area contributed by atoms with Gasteiger partial charge >= 0.3 is 0 Å². The summed E-state index contributed by atoms with van der Waals surface area (Å²) in [4.78, 5) is 14.3. The van der Waals surface area contributed by atoms with Crippen LogP contribution in [0.3, 0.4) is 0 Å². The van der Waals surface area contributed by atoms with Crippen molar-refractivity contribution < 1.29 is 4.79 Å². The first-order chi connectivity index (χ1) is 10.6. The Balaban J connectivity index is 1.64. The summed E-state index contributed by atoms with van der Waals surface area (Å²) in [7, 11) is 0. The highest BCUT2D eigenvalue weighted by Gasteiger charge is 2.25. The number of hydrogen-bond acceptors (Lipinski definition) is 4. The summed E-state index contributed by atoms with van der Waals surface area (Å²) in [6.45, 7) is 1.55. The third kappa shape index (κ3) is 3.31. The molecular formula is C15H14Cl2N4O. The predicted octanol–water partition coefficient (Wildman–Crippen LogP) is 2.79. The lowest BCUT2D eigenvalue weighted by atomic mass is 10.2. The number of rotatable bonds is 3. The SMILES string of the molecule is O=C(NC1CCN(c2ccc(Cl)cc2Cl)C1)c1ccnnc1. The number of nitrogens with one attached hydrogen (secondary N) is 1. The molecular weight excluding hydrogens is 323 g/mol. The van der Waals surface area contributed by atoms with Crippen LogP contribution in [0.25, 0.3) is 0 Å². The lowest BCUT2D eigenvalue weighted by Gasteiger charge is -2.20. The Hall–Kier alpha value is -1.85. The van der Waals surface area contributed by atoms with Gasteiger partial charge in [0.25, 0.3) is 5.91 Å². The number of benzene rings is 1.